The Hall–Kier alpha value is -1.79. The van der Waals surface area contributed by atoms with Crippen molar-refractivity contribution in [3.05, 3.63) is 47.4 Å². The van der Waals surface area contributed by atoms with E-state index in [-0.39, 0.29) is 5.82 Å². The van der Waals surface area contributed by atoms with Crippen molar-refractivity contribution < 1.29 is 13.7 Å². The summed E-state index contributed by atoms with van der Waals surface area (Å²) >= 11 is 0. The summed E-state index contributed by atoms with van der Waals surface area (Å²) in [7, 11) is 0. The van der Waals surface area contributed by atoms with Crippen molar-refractivity contribution in [3.8, 4) is 0 Å². The Labute approximate surface area is 123 Å². The highest BCUT2D eigenvalue weighted by atomic mass is 19.1. The molecule has 0 radical (unpaired) electrons. The fraction of sp³-hybridized carbons (Fsp3) is 0.467. The summed E-state index contributed by atoms with van der Waals surface area (Å²) in [5.74, 6) is 0.511. The lowest BCUT2D eigenvalue weighted by atomic mass is 10.1. The maximum absolute atomic E-state index is 13.1. The van der Waals surface area contributed by atoms with Crippen molar-refractivity contribution in [3.63, 3.8) is 0 Å². The minimum Gasteiger partial charge on any atom is -0.379 e. The number of aromatic nitrogens is 2. The second kappa shape index (κ2) is 6.78. The minimum absolute atomic E-state index is 0.288. The van der Waals surface area contributed by atoms with Crippen LogP contribution in [0, 0.1) is 5.82 Å². The van der Waals surface area contributed by atoms with Gasteiger partial charge in [0.1, 0.15) is 11.4 Å². The number of ether oxygens (including phenoxy) is 1. The highest BCUT2D eigenvalue weighted by molar-refractivity contribution is 5.19. The first-order chi connectivity index (χ1) is 10.0. The van der Waals surface area contributed by atoms with E-state index < -0.39 is 5.54 Å². The van der Waals surface area contributed by atoms with Crippen molar-refractivity contribution >= 4 is 0 Å². The van der Waals surface area contributed by atoms with Gasteiger partial charge >= 0.3 is 0 Å². The fourth-order valence-electron chi connectivity index (χ4n) is 1.87. The molecule has 1 aromatic heterocycles. The topological polar surface area (TPSA) is 74.2 Å². The molecule has 2 N–H and O–H groups in total. The molecule has 0 bridgehead atoms. The van der Waals surface area contributed by atoms with Crippen LogP contribution in [0.5, 0.6) is 0 Å². The van der Waals surface area contributed by atoms with Gasteiger partial charge in [-0.1, -0.05) is 24.2 Å². The zero-order valence-electron chi connectivity index (χ0n) is 12.3. The summed E-state index contributed by atoms with van der Waals surface area (Å²) in [6.07, 6.45) is 1.30. The van der Waals surface area contributed by atoms with E-state index in [1.165, 1.54) is 12.1 Å². The minimum atomic E-state index is -0.807. The first-order valence-corrected chi connectivity index (χ1v) is 6.95. The molecule has 0 aliphatic carbocycles. The van der Waals surface area contributed by atoms with Gasteiger partial charge in [0, 0.05) is 6.61 Å². The van der Waals surface area contributed by atoms with E-state index in [0.717, 1.165) is 12.0 Å². The van der Waals surface area contributed by atoms with Gasteiger partial charge in [-0.05, 0) is 31.0 Å². The number of rotatable bonds is 7. The molecular formula is C15H20FN3O2. The molecule has 2 rings (SSSR count). The predicted molar refractivity (Wildman–Crippen MR) is 76.2 cm³/mol. The number of hydrogen-bond acceptors (Lipinski definition) is 5. The van der Waals surface area contributed by atoms with Crippen LogP contribution in [0.2, 0.25) is 0 Å². The largest absolute Gasteiger partial charge is 0.379 e. The fourth-order valence-corrected chi connectivity index (χ4v) is 1.87. The first-order valence-electron chi connectivity index (χ1n) is 6.95. The van der Waals surface area contributed by atoms with Gasteiger partial charge in [-0.25, -0.2) is 4.39 Å². The number of benzene rings is 1. The molecule has 0 amide bonds. The third-order valence-corrected chi connectivity index (χ3v) is 2.97. The zero-order chi connectivity index (χ0) is 15.3. The van der Waals surface area contributed by atoms with Crippen LogP contribution in [0.25, 0.3) is 0 Å². The number of halogens is 1. The number of hydrogen-bond donors (Lipinski definition) is 1. The molecule has 0 saturated heterocycles. The maximum atomic E-state index is 13.1. The zero-order valence-corrected chi connectivity index (χ0v) is 12.3. The SMILES string of the molecule is CCCOCC(C)(N)c1noc(Cc2cccc(F)c2)n1. The summed E-state index contributed by atoms with van der Waals surface area (Å²) in [5.41, 5.74) is 6.10. The Morgan fingerprint density at radius 2 is 2.24 bits per heavy atom. The Kier molecular flexibility index (Phi) is 5.03. The van der Waals surface area contributed by atoms with Crippen LogP contribution in [-0.4, -0.2) is 23.4 Å². The monoisotopic (exact) mass is 293 g/mol. The Morgan fingerprint density at radius 3 is 2.95 bits per heavy atom. The van der Waals surface area contributed by atoms with Gasteiger partial charge in [-0.15, -0.1) is 0 Å². The van der Waals surface area contributed by atoms with Crippen LogP contribution in [0.4, 0.5) is 4.39 Å². The van der Waals surface area contributed by atoms with E-state index in [2.05, 4.69) is 10.1 Å². The molecule has 1 heterocycles. The molecular weight excluding hydrogens is 273 g/mol. The second-order valence-electron chi connectivity index (χ2n) is 5.29. The Bertz CT molecular complexity index is 584. The van der Waals surface area contributed by atoms with E-state index in [1.54, 1.807) is 19.1 Å². The van der Waals surface area contributed by atoms with Crippen molar-refractivity contribution in [1.82, 2.24) is 10.1 Å². The van der Waals surface area contributed by atoms with Crippen molar-refractivity contribution in [2.75, 3.05) is 13.2 Å². The average Bonchev–Trinajstić information content (AvgIpc) is 2.88. The summed E-state index contributed by atoms with van der Waals surface area (Å²) in [6, 6.07) is 6.28. The molecule has 1 unspecified atom stereocenters. The van der Waals surface area contributed by atoms with Crippen molar-refractivity contribution in [2.45, 2.75) is 32.2 Å². The van der Waals surface area contributed by atoms with Crippen LogP contribution >= 0.6 is 0 Å². The molecule has 114 valence electrons. The summed E-state index contributed by atoms with van der Waals surface area (Å²) in [5, 5.41) is 3.90. The lowest BCUT2D eigenvalue weighted by molar-refractivity contribution is 0.0867. The van der Waals surface area contributed by atoms with Gasteiger partial charge in [-0.2, -0.15) is 4.98 Å². The van der Waals surface area contributed by atoms with E-state index in [9.17, 15) is 4.39 Å². The molecule has 1 atom stereocenters. The molecule has 2 aromatic rings. The lowest BCUT2D eigenvalue weighted by Gasteiger charge is -2.19. The van der Waals surface area contributed by atoms with Crippen molar-refractivity contribution in [1.29, 1.82) is 0 Å². The third kappa shape index (κ3) is 4.34. The van der Waals surface area contributed by atoms with Crippen LogP contribution in [0.1, 0.15) is 37.5 Å². The second-order valence-corrected chi connectivity index (χ2v) is 5.29. The molecule has 1 aromatic carbocycles. The smallest absolute Gasteiger partial charge is 0.231 e. The standard InChI is InChI=1S/C15H20FN3O2/c1-3-7-20-10-15(2,17)14-18-13(21-19-14)9-11-5-4-6-12(16)8-11/h4-6,8H,3,7,9-10,17H2,1-2H3. The molecule has 0 aliphatic rings. The maximum Gasteiger partial charge on any atom is 0.231 e. The first kappa shape index (κ1) is 15.6. The molecule has 0 fully saturated rings. The number of nitrogens with zero attached hydrogens (tertiary/aromatic N) is 2. The molecule has 0 spiro atoms. The van der Waals surface area contributed by atoms with Gasteiger partial charge in [0.25, 0.3) is 0 Å². The molecule has 6 heteroatoms. The van der Waals surface area contributed by atoms with E-state index in [4.69, 9.17) is 15.0 Å². The molecule has 0 saturated carbocycles. The van der Waals surface area contributed by atoms with Gasteiger partial charge in [0.05, 0.1) is 13.0 Å². The lowest BCUT2D eigenvalue weighted by Crippen LogP contribution is -2.39. The van der Waals surface area contributed by atoms with E-state index in [0.29, 0.717) is 31.3 Å². The van der Waals surface area contributed by atoms with Gasteiger partial charge in [-0.3, -0.25) is 0 Å². The molecule has 0 aliphatic heterocycles. The van der Waals surface area contributed by atoms with Crippen LogP contribution < -0.4 is 5.73 Å². The highest BCUT2D eigenvalue weighted by Gasteiger charge is 2.27. The van der Waals surface area contributed by atoms with Crippen LogP contribution in [0.3, 0.4) is 0 Å². The van der Waals surface area contributed by atoms with Gasteiger partial charge < -0.3 is 15.0 Å². The molecule has 21 heavy (non-hydrogen) atoms. The van der Waals surface area contributed by atoms with Crippen LogP contribution in [-0.2, 0) is 16.7 Å². The third-order valence-electron chi connectivity index (χ3n) is 2.97. The number of nitrogens with two attached hydrogens (primary N) is 1. The Balaban J connectivity index is 2.03. The quantitative estimate of drug-likeness (QED) is 0.793. The van der Waals surface area contributed by atoms with Gasteiger partial charge in [0.2, 0.25) is 5.89 Å². The highest BCUT2D eigenvalue weighted by Crippen LogP contribution is 2.17. The Morgan fingerprint density at radius 1 is 1.43 bits per heavy atom. The summed E-state index contributed by atoms with van der Waals surface area (Å²) < 4.78 is 23.8. The van der Waals surface area contributed by atoms with Crippen molar-refractivity contribution in [2.24, 2.45) is 5.73 Å². The van der Waals surface area contributed by atoms with E-state index in [1.807, 2.05) is 6.92 Å². The average molecular weight is 293 g/mol. The molecule has 5 nitrogen and oxygen atoms in total. The van der Waals surface area contributed by atoms with Gasteiger partial charge in [0.15, 0.2) is 5.82 Å². The van der Waals surface area contributed by atoms with E-state index >= 15 is 0 Å². The summed E-state index contributed by atoms with van der Waals surface area (Å²) in [6.45, 7) is 4.78. The normalized spacial score (nSPS) is 14.1. The predicted octanol–water partition coefficient (Wildman–Crippen LogP) is 2.40. The summed E-state index contributed by atoms with van der Waals surface area (Å²) in [4.78, 5) is 4.28. The van der Waals surface area contributed by atoms with Crippen LogP contribution in [0.15, 0.2) is 28.8 Å².